The third kappa shape index (κ3) is 3.37. The number of carboxylic acids is 1. The average Bonchev–Trinajstić information content (AvgIpc) is 3.06. The van der Waals surface area contributed by atoms with Gasteiger partial charge in [-0.1, -0.05) is 60.1 Å². The van der Waals surface area contributed by atoms with Crippen LogP contribution >= 0.6 is 11.6 Å². The van der Waals surface area contributed by atoms with E-state index in [2.05, 4.69) is 0 Å². The molecular weight excluding hydrogens is 416 g/mol. The molecule has 5 nitrogen and oxygen atoms in total. The highest BCUT2D eigenvalue weighted by atomic mass is 35.5. The van der Waals surface area contributed by atoms with Gasteiger partial charge in [0.15, 0.2) is 11.6 Å². The van der Waals surface area contributed by atoms with Gasteiger partial charge in [0.25, 0.3) is 0 Å². The van der Waals surface area contributed by atoms with Gasteiger partial charge in [0.2, 0.25) is 0 Å². The number of anilines is 1. The minimum Gasteiger partial charge on any atom is -0.478 e. The van der Waals surface area contributed by atoms with Gasteiger partial charge in [0.05, 0.1) is 10.6 Å². The number of nitrogens with one attached hydrogen (secondary N) is 1. The first-order chi connectivity index (χ1) is 14.4. The fraction of sp³-hybridized carbons (Fsp3) is 0.0909. The second-order valence-electron chi connectivity index (χ2n) is 6.66. The monoisotopic (exact) mass is 429 g/mol. The molecule has 0 heterocycles. The Kier molecular flexibility index (Phi) is 5.13. The molecule has 0 saturated carbocycles. The molecular formula is C22H14ClF2NO4. The summed E-state index contributed by atoms with van der Waals surface area (Å²) < 4.78 is 33.0. The molecule has 152 valence electrons. The third-order valence-corrected chi connectivity index (χ3v) is 5.35. The van der Waals surface area contributed by atoms with Crippen LogP contribution in [-0.2, 0) is 4.74 Å². The Morgan fingerprint density at radius 2 is 1.60 bits per heavy atom. The van der Waals surface area contributed by atoms with E-state index in [9.17, 15) is 18.4 Å². The van der Waals surface area contributed by atoms with Crippen molar-refractivity contribution in [1.82, 2.24) is 0 Å². The summed E-state index contributed by atoms with van der Waals surface area (Å²) in [5.74, 6) is -4.72. The number of amides is 1. The predicted molar refractivity (Wildman–Crippen MR) is 107 cm³/mol. The largest absolute Gasteiger partial charge is 0.478 e. The van der Waals surface area contributed by atoms with Crippen molar-refractivity contribution in [2.75, 3.05) is 11.9 Å². The van der Waals surface area contributed by atoms with Crippen LogP contribution in [0, 0.1) is 11.6 Å². The number of carboxylic acid groups (broad SMARTS) is 1. The number of rotatable bonds is 4. The van der Waals surface area contributed by atoms with Gasteiger partial charge < -0.3 is 9.84 Å². The SMILES string of the molecule is O=C(Nc1c(F)c(F)cc(C(=O)O)c1Cl)OCC1c2ccccc2-c2ccccc21. The summed E-state index contributed by atoms with van der Waals surface area (Å²) in [4.78, 5) is 23.4. The van der Waals surface area contributed by atoms with Crippen LogP contribution in [0.1, 0.15) is 27.4 Å². The van der Waals surface area contributed by atoms with Crippen LogP contribution in [0.15, 0.2) is 54.6 Å². The van der Waals surface area contributed by atoms with E-state index < -0.39 is 40.0 Å². The summed E-state index contributed by atoms with van der Waals surface area (Å²) in [5.41, 5.74) is 2.57. The molecule has 0 saturated heterocycles. The van der Waals surface area contributed by atoms with Crippen LogP contribution in [0.4, 0.5) is 19.3 Å². The lowest BCUT2D eigenvalue weighted by Gasteiger charge is -2.15. The predicted octanol–water partition coefficient (Wildman–Crippen LogP) is 5.68. The molecule has 3 aromatic carbocycles. The maximum atomic E-state index is 14.1. The van der Waals surface area contributed by atoms with Crippen LogP contribution in [0.3, 0.4) is 0 Å². The minimum absolute atomic E-state index is 0.0554. The van der Waals surface area contributed by atoms with Crippen molar-refractivity contribution in [2.24, 2.45) is 0 Å². The standard InChI is InChI=1S/C22H14ClF2NO4/c23-18-15(21(27)28)9-17(24)19(25)20(18)26-22(29)30-10-16-13-7-3-1-5-11(13)12-6-2-4-8-14(12)16/h1-9,16H,10H2,(H,26,29)(H,27,28). The maximum absolute atomic E-state index is 14.1. The molecule has 0 aliphatic heterocycles. The summed E-state index contributed by atoms with van der Waals surface area (Å²) in [6.07, 6.45) is -1.08. The number of ether oxygens (including phenoxy) is 1. The minimum atomic E-state index is -1.56. The van der Waals surface area contributed by atoms with Crippen molar-refractivity contribution >= 4 is 29.4 Å². The molecule has 1 aliphatic carbocycles. The fourth-order valence-electron chi connectivity index (χ4n) is 3.61. The number of benzene rings is 3. The fourth-order valence-corrected chi connectivity index (χ4v) is 3.87. The van der Waals surface area contributed by atoms with Gasteiger partial charge in [-0.25, -0.2) is 18.4 Å². The summed E-state index contributed by atoms with van der Waals surface area (Å²) in [5, 5.41) is 10.4. The number of carbonyl (C=O) groups is 2. The van der Waals surface area contributed by atoms with E-state index in [4.69, 9.17) is 21.4 Å². The third-order valence-electron chi connectivity index (χ3n) is 4.96. The molecule has 3 aromatic rings. The molecule has 0 bridgehead atoms. The number of hydrogen-bond acceptors (Lipinski definition) is 3. The topological polar surface area (TPSA) is 75.6 Å². The highest BCUT2D eigenvalue weighted by Crippen LogP contribution is 2.44. The molecule has 2 N–H and O–H groups in total. The van der Waals surface area contributed by atoms with Gasteiger partial charge in [0, 0.05) is 5.92 Å². The molecule has 30 heavy (non-hydrogen) atoms. The zero-order valence-electron chi connectivity index (χ0n) is 15.3. The van der Waals surface area contributed by atoms with E-state index in [1.165, 1.54) is 0 Å². The Hall–Kier alpha value is -3.45. The Labute approximate surface area is 174 Å². The van der Waals surface area contributed by atoms with Gasteiger partial charge >= 0.3 is 12.1 Å². The average molecular weight is 430 g/mol. The van der Waals surface area contributed by atoms with E-state index >= 15 is 0 Å². The van der Waals surface area contributed by atoms with Crippen molar-refractivity contribution in [3.05, 3.63) is 87.9 Å². The molecule has 0 radical (unpaired) electrons. The van der Waals surface area contributed by atoms with Crippen molar-refractivity contribution in [1.29, 1.82) is 0 Å². The Morgan fingerprint density at radius 1 is 1.03 bits per heavy atom. The molecule has 8 heteroatoms. The Morgan fingerprint density at radius 3 is 2.17 bits per heavy atom. The van der Waals surface area contributed by atoms with E-state index in [0.717, 1.165) is 22.3 Å². The summed E-state index contributed by atoms with van der Waals surface area (Å²) in [6.45, 7) is -0.0554. The van der Waals surface area contributed by atoms with Gasteiger partial charge in [-0.15, -0.1) is 0 Å². The van der Waals surface area contributed by atoms with E-state index in [1.807, 2.05) is 53.8 Å². The first-order valence-corrected chi connectivity index (χ1v) is 9.29. The first-order valence-electron chi connectivity index (χ1n) is 8.91. The van der Waals surface area contributed by atoms with Crippen LogP contribution in [0.2, 0.25) is 5.02 Å². The lowest BCUT2D eigenvalue weighted by molar-refractivity contribution is 0.0696. The van der Waals surface area contributed by atoms with E-state index in [1.54, 1.807) is 0 Å². The van der Waals surface area contributed by atoms with Crippen molar-refractivity contribution in [3.63, 3.8) is 0 Å². The van der Waals surface area contributed by atoms with Crippen LogP contribution in [-0.4, -0.2) is 23.8 Å². The van der Waals surface area contributed by atoms with E-state index in [-0.39, 0.29) is 12.5 Å². The second kappa shape index (κ2) is 7.76. The summed E-state index contributed by atoms with van der Waals surface area (Å²) in [7, 11) is 0. The smallest absolute Gasteiger partial charge is 0.411 e. The normalized spacial score (nSPS) is 12.2. The highest BCUT2D eigenvalue weighted by Gasteiger charge is 2.29. The summed E-state index contributed by atoms with van der Waals surface area (Å²) in [6, 6.07) is 15.9. The van der Waals surface area contributed by atoms with Crippen LogP contribution in [0.5, 0.6) is 0 Å². The van der Waals surface area contributed by atoms with E-state index in [0.29, 0.717) is 6.07 Å². The molecule has 0 unspecified atom stereocenters. The van der Waals surface area contributed by atoms with Gasteiger partial charge in [-0.2, -0.15) is 0 Å². The second-order valence-corrected chi connectivity index (χ2v) is 7.04. The molecule has 1 aliphatic rings. The molecule has 1 amide bonds. The van der Waals surface area contributed by atoms with Gasteiger partial charge in [-0.3, -0.25) is 5.32 Å². The molecule has 0 aromatic heterocycles. The lowest BCUT2D eigenvalue weighted by atomic mass is 9.98. The van der Waals surface area contributed by atoms with Gasteiger partial charge in [-0.05, 0) is 28.3 Å². The molecule has 0 fully saturated rings. The quantitative estimate of drug-likeness (QED) is 0.523. The number of aromatic carboxylic acids is 1. The van der Waals surface area contributed by atoms with Crippen molar-refractivity contribution < 1.29 is 28.2 Å². The Bertz CT molecular complexity index is 1140. The van der Waals surface area contributed by atoms with Crippen molar-refractivity contribution in [3.8, 4) is 11.1 Å². The Balaban J connectivity index is 1.55. The molecule has 0 atom stereocenters. The van der Waals surface area contributed by atoms with Gasteiger partial charge in [0.1, 0.15) is 12.3 Å². The number of halogens is 3. The number of fused-ring (bicyclic) bond motifs is 3. The lowest BCUT2D eigenvalue weighted by Crippen LogP contribution is -2.19. The number of carbonyl (C=O) groups excluding carboxylic acids is 1. The molecule has 0 spiro atoms. The summed E-state index contributed by atoms with van der Waals surface area (Å²) >= 11 is 5.83. The maximum Gasteiger partial charge on any atom is 0.411 e. The van der Waals surface area contributed by atoms with Crippen LogP contribution in [0.25, 0.3) is 11.1 Å². The van der Waals surface area contributed by atoms with Crippen LogP contribution < -0.4 is 5.32 Å². The zero-order valence-corrected chi connectivity index (χ0v) is 16.0. The zero-order chi connectivity index (χ0) is 21.4. The molecule has 4 rings (SSSR count). The van der Waals surface area contributed by atoms with Crippen molar-refractivity contribution in [2.45, 2.75) is 5.92 Å². The number of hydrogen-bond donors (Lipinski definition) is 2. The highest BCUT2D eigenvalue weighted by molar-refractivity contribution is 6.36. The first kappa shape index (κ1) is 19.8.